The van der Waals surface area contributed by atoms with Crippen LogP contribution in [0.2, 0.25) is 0 Å². The van der Waals surface area contributed by atoms with Gasteiger partial charge in [0.2, 0.25) is 0 Å². The van der Waals surface area contributed by atoms with Gasteiger partial charge in [0.15, 0.2) is 0 Å². The summed E-state index contributed by atoms with van der Waals surface area (Å²) in [5, 5.41) is 13.8. The quantitative estimate of drug-likeness (QED) is 0.683. The van der Waals surface area contributed by atoms with Crippen LogP contribution < -0.4 is 5.32 Å². The minimum absolute atomic E-state index is 0.880. The number of hydrogen-bond acceptors (Lipinski definition) is 2. The molecule has 3 aromatic rings. The van der Waals surface area contributed by atoms with Gasteiger partial charge in [-0.2, -0.15) is 0 Å². The summed E-state index contributed by atoms with van der Waals surface area (Å²) in [7, 11) is 0. The van der Waals surface area contributed by atoms with Crippen molar-refractivity contribution in [2.24, 2.45) is 0 Å². The van der Waals surface area contributed by atoms with Gasteiger partial charge in [-0.1, -0.05) is 60.7 Å². The monoisotopic (exact) mass is 303 g/mol. The number of para-hydroxylation sites is 1. The topological polar surface area (TPSA) is 32.3 Å². The Morgan fingerprint density at radius 2 is 1.39 bits per heavy atom. The fraction of sp³-hybridized carbons (Fsp3) is 0.143. The van der Waals surface area contributed by atoms with Crippen molar-refractivity contribution in [2.75, 3.05) is 5.32 Å². The third kappa shape index (κ3) is 3.61. The van der Waals surface area contributed by atoms with E-state index in [1.165, 1.54) is 5.56 Å². The zero-order valence-electron chi connectivity index (χ0n) is 13.5. The number of hydrogen-bond donors (Lipinski definition) is 2. The highest BCUT2D eigenvalue weighted by Gasteiger charge is 2.19. The second-order valence-electron chi connectivity index (χ2n) is 6.18. The Morgan fingerprint density at radius 3 is 2.13 bits per heavy atom. The molecular weight excluding hydrogens is 282 g/mol. The summed E-state index contributed by atoms with van der Waals surface area (Å²) in [5.74, 6) is 0. The van der Waals surface area contributed by atoms with Crippen LogP contribution in [0.15, 0.2) is 78.9 Å². The highest BCUT2D eigenvalue weighted by Crippen LogP contribution is 2.31. The molecule has 0 aromatic heterocycles. The molecule has 3 aromatic carbocycles. The number of benzene rings is 3. The van der Waals surface area contributed by atoms with Gasteiger partial charge >= 0.3 is 0 Å². The van der Waals surface area contributed by atoms with Crippen LogP contribution in [-0.2, 0) is 5.60 Å². The van der Waals surface area contributed by atoms with Gasteiger partial charge in [-0.3, -0.25) is 0 Å². The van der Waals surface area contributed by atoms with Crippen LogP contribution in [-0.4, -0.2) is 5.11 Å². The van der Waals surface area contributed by atoms with E-state index in [-0.39, 0.29) is 0 Å². The van der Waals surface area contributed by atoms with Gasteiger partial charge in [0.1, 0.15) is 0 Å². The summed E-state index contributed by atoms with van der Waals surface area (Å²) in [6.07, 6.45) is 0. The summed E-state index contributed by atoms with van der Waals surface area (Å²) in [6.45, 7) is 3.60. The summed E-state index contributed by atoms with van der Waals surface area (Å²) in [5.41, 5.74) is 4.27. The van der Waals surface area contributed by atoms with E-state index >= 15 is 0 Å². The van der Waals surface area contributed by atoms with Crippen molar-refractivity contribution in [3.63, 3.8) is 0 Å². The summed E-state index contributed by atoms with van der Waals surface area (Å²) in [6, 6.07) is 26.4. The molecule has 0 bridgehead atoms. The van der Waals surface area contributed by atoms with Crippen LogP contribution in [0.4, 0.5) is 11.4 Å². The fourth-order valence-corrected chi connectivity index (χ4v) is 2.69. The van der Waals surface area contributed by atoms with Gasteiger partial charge in [0.25, 0.3) is 0 Å². The Kier molecular flexibility index (Phi) is 4.18. The summed E-state index contributed by atoms with van der Waals surface area (Å²) in [4.78, 5) is 0. The molecule has 0 aliphatic carbocycles. The minimum atomic E-state index is -0.888. The van der Waals surface area contributed by atoms with Crippen molar-refractivity contribution in [3.8, 4) is 11.1 Å². The average molecular weight is 303 g/mol. The molecule has 0 unspecified atom stereocenters. The molecule has 0 saturated heterocycles. The summed E-state index contributed by atoms with van der Waals surface area (Å²) < 4.78 is 0. The first-order valence-electron chi connectivity index (χ1n) is 7.78. The van der Waals surface area contributed by atoms with Crippen molar-refractivity contribution >= 4 is 11.4 Å². The van der Waals surface area contributed by atoms with Crippen LogP contribution in [0.3, 0.4) is 0 Å². The largest absolute Gasteiger partial charge is 0.386 e. The molecule has 0 spiro atoms. The van der Waals surface area contributed by atoms with Crippen LogP contribution >= 0.6 is 0 Å². The van der Waals surface area contributed by atoms with Crippen molar-refractivity contribution in [1.29, 1.82) is 0 Å². The molecule has 0 amide bonds. The lowest BCUT2D eigenvalue weighted by atomic mass is 9.96. The maximum atomic E-state index is 10.3. The van der Waals surface area contributed by atoms with E-state index in [0.29, 0.717) is 0 Å². The maximum Gasteiger partial charge on any atom is 0.0860 e. The first-order valence-corrected chi connectivity index (χ1v) is 7.78. The molecule has 0 radical (unpaired) electrons. The predicted octanol–water partition coefficient (Wildman–Crippen LogP) is 5.32. The van der Waals surface area contributed by atoms with Gasteiger partial charge in [-0.05, 0) is 43.2 Å². The number of anilines is 2. The Bertz CT molecular complexity index is 788. The number of aliphatic hydroxyl groups is 1. The normalized spacial score (nSPS) is 11.3. The molecule has 0 fully saturated rings. The zero-order valence-corrected chi connectivity index (χ0v) is 13.5. The van der Waals surface area contributed by atoms with Crippen molar-refractivity contribution in [2.45, 2.75) is 19.4 Å². The molecule has 3 rings (SSSR count). The van der Waals surface area contributed by atoms with E-state index in [0.717, 1.165) is 22.5 Å². The van der Waals surface area contributed by atoms with E-state index in [1.807, 2.05) is 54.6 Å². The molecule has 23 heavy (non-hydrogen) atoms. The third-order valence-electron chi connectivity index (χ3n) is 3.83. The van der Waals surface area contributed by atoms with E-state index in [9.17, 15) is 5.11 Å². The second kappa shape index (κ2) is 6.27. The second-order valence-corrected chi connectivity index (χ2v) is 6.18. The highest BCUT2D eigenvalue weighted by molar-refractivity contribution is 5.72. The van der Waals surface area contributed by atoms with E-state index in [2.05, 4.69) is 29.6 Å². The maximum absolute atomic E-state index is 10.3. The van der Waals surface area contributed by atoms with E-state index < -0.39 is 5.60 Å². The lowest BCUT2D eigenvalue weighted by molar-refractivity contribution is 0.0794. The molecule has 0 saturated carbocycles. The fourth-order valence-electron chi connectivity index (χ4n) is 2.69. The Morgan fingerprint density at radius 1 is 0.739 bits per heavy atom. The molecule has 0 aliphatic rings. The Balaban J connectivity index is 1.93. The van der Waals surface area contributed by atoms with Gasteiger partial charge in [-0.15, -0.1) is 0 Å². The first kappa shape index (κ1) is 15.3. The zero-order chi connectivity index (χ0) is 16.3. The number of nitrogens with one attached hydrogen (secondary N) is 1. The van der Waals surface area contributed by atoms with Crippen LogP contribution in [0.25, 0.3) is 11.1 Å². The molecule has 2 heteroatoms. The van der Waals surface area contributed by atoms with Crippen molar-refractivity contribution in [1.82, 2.24) is 0 Å². The average Bonchev–Trinajstić information content (AvgIpc) is 2.55. The molecule has 0 aliphatic heterocycles. The Hall–Kier alpha value is -2.58. The van der Waals surface area contributed by atoms with Gasteiger partial charge < -0.3 is 10.4 Å². The van der Waals surface area contributed by atoms with Gasteiger partial charge in [0, 0.05) is 16.9 Å². The molecule has 2 nitrogen and oxygen atoms in total. The standard InChI is InChI=1S/C21H21NO/c1-21(2,23)19-13-6-7-14-20(19)22-18-12-8-11-17(15-18)16-9-4-3-5-10-16/h3-15,22-23H,1-2H3. The Labute approximate surface area is 137 Å². The van der Waals surface area contributed by atoms with Crippen molar-refractivity contribution < 1.29 is 5.11 Å². The van der Waals surface area contributed by atoms with Gasteiger partial charge in [0.05, 0.1) is 5.60 Å². The lowest BCUT2D eigenvalue weighted by Crippen LogP contribution is -2.17. The molecular formula is C21H21NO. The van der Waals surface area contributed by atoms with Crippen LogP contribution in [0.1, 0.15) is 19.4 Å². The number of rotatable bonds is 4. The predicted molar refractivity (Wildman–Crippen MR) is 96.8 cm³/mol. The van der Waals surface area contributed by atoms with Gasteiger partial charge in [-0.25, -0.2) is 0 Å². The third-order valence-corrected chi connectivity index (χ3v) is 3.83. The SMILES string of the molecule is CC(C)(O)c1ccccc1Nc1cccc(-c2ccccc2)c1. The molecule has 0 heterocycles. The van der Waals surface area contributed by atoms with E-state index in [1.54, 1.807) is 13.8 Å². The smallest absolute Gasteiger partial charge is 0.0860 e. The van der Waals surface area contributed by atoms with Crippen LogP contribution in [0, 0.1) is 0 Å². The first-order chi connectivity index (χ1) is 11.0. The lowest BCUT2D eigenvalue weighted by Gasteiger charge is -2.22. The van der Waals surface area contributed by atoms with Crippen molar-refractivity contribution in [3.05, 3.63) is 84.4 Å². The highest BCUT2D eigenvalue weighted by atomic mass is 16.3. The summed E-state index contributed by atoms with van der Waals surface area (Å²) >= 11 is 0. The van der Waals surface area contributed by atoms with Crippen LogP contribution in [0.5, 0.6) is 0 Å². The minimum Gasteiger partial charge on any atom is -0.386 e. The van der Waals surface area contributed by atoms with E-state index in [4.69, 9.17) is 0 Å². The molecule has 2 N–H and O–H groups in total. The molecule has 116 valence electrons. The molecule has 0 atom stereocenters.